The average molecular weight is 281 g/mol. The number of aliphatic hydroxyl groups excluding tert-OH is 1. The van der Waals surface area contributed by atoms with Crippen LogP contribution in [-0.2, 0) is 12.0 Å². The highest BCUT2D eigenvalue weighted by atomic mass is 32.1. The van der Waals surface area contributed by atoms with E-state index in [0.717, 1.165) is 13.1 Å². The zero-order chi connectivity index (χ0) is 13.9. The van der Waals surface area contributed by atoms with Crippen LogP contribution in [-0.4, -0.2) is 18.3 Å². The molecule has 1 heterocycles. The Morgan fingerprint density at radius 1 is 1.26 bits per heavy atom. The second-order valence-electron chi connectivity index (χ2n) is 6.78. The van der Waals surface area contributed by atoms with Gasteiger partial charge >= 0.3 is 0 Å². The zero-order valence-corrected chi connectivity index (χ0v) is 13.2. The van der Waals surface area contributed by atoms with Gasteiger partial charge in [0.25, 0.3) is 0 Å². The smallest absolute Gasteiger partial charge is 0.0462 e. The monoisotopic (exact) mass is 281 g/mol. The van der Waals surface area contributed by atoms with Gasteiger partial charge in [-0.15, -0.1) is 11.3 Å². The van der Waals surface area contributed by atoms with Gasteiger partial charge in [0.2, 0.25) is 0 Å². The fourth-order valence-corrected chi connectivity index (χ4v) is 3.91. The first-order valence-corrected chi connectivity index (χ1v) is 8.23. The number of rotatable bonds is 5. The molecule has 2 rings (SSSR count). The zero-order valence-electron chi connectivity index (χ0n) is 12.4. The third kappa shape index (κ3) is 4.04. The van der Waals surface area contributed by atoms with E-state index in [-0.39, 0.29) is 5.41 Å². The van der Waals surface area contributed by atoms with E-state index in [1.54, 1.807) is 0 Å². The van der Waals surface area contributed by atoms with Crippen molar-refractivity contribution in [2.45, 2.75) is 52.0 Å². The summed E-state index contributed by atoms with van der Waals surface area (Å²) in [6.07, 6.45) is 3.76. The molecule has 19 heavy (non-hydrogen) atoms. The molecular weight excluding hydrogens is 254 g/mol. The predicted octanol–water partition coefficient (Wildman–Crippen LogP) is 3.54. The van der Waals surface area contributed by atoms with Crippen molar-refractivity contribution in [3.8, 4) is 0 Å². The van der Waals surface area contributed by atoms with Crippen molar-refractivity contribution < 1.29 is 5.11 Å². The Kier molecular flexibility index (Phi) is 5.04. The standard InChI is InChI=1S/C16H27NOS/c1-16(2,3)15-8-7-14(19-15)10-17-9-12-5-4-6-13(12)11-18/h7-8,12-13,17-18H,4-6,9-11H2,1-3H3. The van der Waals surface area contributed by atoms with E-state index in [1.165, 1.54) is 29.0 Å². The number of nitrogens with one attached hydrogen (secondary N) is 1. The second kappa shape index (κ2) is 6.38. The van der Waals surface area contributed by atoms with Gasteiger partial charge in [0.05, 0.1) is 0 Å². The van der Waals surface area contributed by atoms with E-state index >= 15 is 0 Å². The van der Waals surface area contributed by atoms with Crippen LogP contribution in [0.15, 0.2) is 12.1 Å². The molecule has 0 amide bonds. The predicted molar refractivity (Wildman–Crippen MR) is 82.6 cm³/mol. The molecule has 2 N–H and O–H groups in total. The summed E-state index contributed by atoms with van der Waals surface area (Å²) in [5.41, 5.74) is 0.260. The molecule has 2 atom stereocenters. The van der Waals surface area contributed by atoms with Gasteiger partial charge in [-0.3, -0.25) is 0 Å². The van der Waals surface area contributed by atoms with Gasteiger partial charge in [0, 0.05) is 22.9 Å². The Labute approximate surface area is 121 Å². The van der Waals surface area contributed by atoms with Gasteiger partial charge in [0.1, 0.15) is 0 Å². The third-order valence-corrected chi connectivity index (χ3v) is 5.67. The van der Waals surface area contributed by atoms with Crippen molar-refractivity contribution >= 4 is 11.3 Å². The van der Waals surface area contributed by atoms with Crippen LogP contribution in [0.3, 0.4) is 0 Å². The number of aliphatic hydroxyl groups is 1. The summed E-state index contributed by atoms with van der Waals surface area (Å²) < 4.78 is 0. The summed E-state index contributed by atoms with van der Waals surface area (Å²) in [5, 5.41) is 12.9. The second-order valence-corrected chi connectivity index (χ2v) is 7.95. The normalized spacial score (nSPS) is 24.0. The molecule has 0 saturated heterocycles. The lowest BCUT2D eigenvalue weighted by atomic mass is 9.95. The molecule has 108 valence electrons. The van der Waals surface area contributed by atoms with Crippen LogP contribution >= 0.6 is 11.3 Å². The molecule has 0 spiro atoms. The first kappa shape index (κ1) is 15.0. The lowest BCUT2D eigenvalue weighted by molar-refractivity contribution is 0.192. The quantitative estimate of drug-likeness (QED) is 0.865. The fourth-order valence-electron chi connectivity index (χ4n) is 2.88. The van der Waals surface area contributed by atoms with Crippen molar-refractivity contribution in [1.82, 2.24) is 5.32 Å². The molecule has 1 fully saturated rings. The Balaban J connectivity index is 1.78. The Bertz CT molecular complexity index is 394. The highest BCUT2D eigenvalue weighted by molar-refractivity contribution is 7.12. The minimum Gasteiger partial charge on any atom is -0.396 e. The summed E-state index contributed by atoms with van der Waals surface area (Å²) in [7, 11) is 0. The molecule has 1 aromatic rings. The molecule has 0 aliphatic heterocycles. The summed E-state index contributed by atoms with van der Waals surface area (Å²) >= 11 is 1.92. The maximum atomic E-state index is 9.32. The molecule has 0 bridgehead atoms. The minimum atomic E-state index is 0.260. The Hall–Kier alpha value is -0.380. The van der Waals surface area contributed by atoms with E-state index in [0.29, 0.717) is 18.4 Å². The number of thiophene rings is 1. The molecule has 2 nitrogen and oxygen atoms in total. The molecule has 1 aliphatic carbocycles. The van der Waals surface area contributed by atoms with Gasteiger partial charge in [-0.2, -0.15) is 0 Å². The van der Waals surface area contributed by atoms with Gasteiger partial charge in [-0.05, 0) is 48.8 Å². The Morgan fingerprint density at radius 2 is 2.00 bits per heavy atom. The van der Waals surface area contributed by atoms with Crippen molar-refractivity contribution in [2.24, 2.45) is 11.8 Å². The number of hydrogen-bond donors (Lipinski definition) is 2. The first-order valence-electron chi connectivity index (χ1n) is 7.41. The summed E-state index contributed by atoms with van der Waals surface area (Å²) in [5.74, 6) is 1.20. The van der Waals surface area contributed by atoms with Crippen molar-refractivity contribution in [1.29, 1.82) is 0 Å². The highest BCUT2D eigenvalue weighted by Crippen LogP contribution is 2.31. The van der Waals surface area contributed by atoms with Crippen LogP contribution in [0.5, 0.6) is 0 Å². The van der Waals surface area contributed by atoms with Crippen LogP contribution in [0.4, 0.5) is 0 Å². The van der Waals surface area contributed by atoms with Crippen LogP contribution in [0.2, 0.25) is 0 Å². The summed E-state index contributed by atoms with van der Waals surface area (Å²) in [6.45, 7) is 9.17. The lowest BCUT2D eigenvalue weighted by Gasteiger charge is -2.17. The SMILES string of the molecule is CC(C)(C)c1ccc(CNCC2CCCC2CO)s1. The average Bonchev–Trinajstić information content (AvgIpc) is 2.96. The van der Waals surface area contributed by atoms with Crippen molar-refractivity contribution in [3.63, 3.8) is 0 Å². The van der Waals surface area contributed by atoms with E-state index in [4.69, 9.17) is 0 Å². The minimum absolute atomic E-state index is 0.260. The van der Waals surface area contributed by atoms with Crippen LogP contribution in [0, 0.1) is 11.8 Å². The molecule has 3 heteroatoms. The van der Waals surface area contributed by atoms with E-state index in [2.05, 4.69) is 38.2 Å². The molecule has 1 saturated carbocycles. The number of hydrogen-bond acceptors (Lipinski definition) is 3. The fraction of sp³-hybridized carbons (Fsp3) is 0.750. The molecule has 1 aromatic heterocycles. The van der Waals surface area contributed by atoms with E-state index < -0.39 is 0 Å². The van der Waals surface area contributed by atoms with Crippen molar-refractivity contribution in [2.75, 3.05) is 13.2 Å². The summed E-state index contributed by atoms with van der Waals surface area (Å²) in [6, 6.07) is 4.50. The molecule has 1 aliphatic rings. The maximum absolute atomic E-state index is 9.32. The topological polar surface area (TPSA) is 32.3 Å². The Morgan fingerprint density at radius 3 is 2.63 bits per heavy atom. The largest absolute Gasteiger partial charge is 0.396 e. The van der Waals surface area contributed by atoms with Gasteiger partial charge in [0.15, 0.2) is 0 Å². The molecular formula is C16H27NOS. The maximum Gasteiger partial charge on any atom is 0.0462 e. The van der Waals surface area contributed by atoms with Gasteiger partial charge < -0.3 is 10.4 Å². The highest BCUT2D eigenvalue weighted by Gasteiger charge is 2.26. The molecule has 2 unspecified atom stereocenters. The van der Waals surface area contributed by atoms with Crippen LogP contribution in [0.25, 0.3) is 0 Å². The molecule has 0 radical (unpaired) electrons. The van der Waals surface area contributed by atoms with E-state index in [1.807, 2.05) is 11.3 Å². The summed E-state index contributed by atoms with van der Waals surface area (Å²) in [4.78, 5) is 2.88. The van der Waals surface area contributed by atoms with E-state index in [9.17, 15) is 5.11 Å². The third-order valence-electron chi connectivity index (χ3n) is 4.16. The van der Waals surface area contributed by atoms with Gasteiger partial charge in [-0.25, -0.2) is 0 Å². The van der Waals surface area contributed by atoms with Crippen LogP contribution in [0.1, 0.15) is 49.8 Å². The van der Waals surface area contributed by atoms with Gasteiger partial charge in [-0.1, -0.05) is 27.2 Å². The van der Waals surface area contributed by atoms with Crippen molar-refractivity contribution in [3.05, 3.63) is 21.9 Å². The molecule has 0 aromatic carbocycles. The first-order chi connectivity index (χ1) is 9.00. The van der Waals surface area contributed by atoms with Crippen LogP contribution < -0.4 is 5.32 Å². The lowest BCUT2D eigenvalue weighted by Crippen LogP contribution is -2.26.